The molecule has 3 aromatic carbocycles. The third kappa shape index (κ3) is 7.56. The Balaban J connectivity index is 0.00000228. The average Bonchev–Trinajstić information content (AvgIpc) is 3.11. The first-order chi connectivity index (χ1) is 16.2. The molecule has 0 heterocycles. The summed E-state index contributed by atoms with van der Waals surface area (Å²) >= 11 is 0. The number of hydrogen-bond donors (Lipinski definition) is 1. The van der Waals surface area contributed by atoms with Crippen molar-refractivity contribution in [3.63, 3.8) is 0 Å². The first-order valence-electron chi connectivity index (χ1n) is 10.3. The predicted molar refractivity (Wildman–Crippen MR) is 117 cm³/mol. The van der Waals surface area contributed by atoms with Crippen LogP contribution in [0.4, 0.5) is 4.79 Å². The molecule has 0 bridgehead atoms. The fourth-order valence-electron chi connectivity index (χ4n) is 4.01. The van der Waals surface area contributed by atoms with Crippen molar-refractivity contribution in [2.45, 2.75) is 18.4 Å². The molecule has 3 aromatic rings. The van der Waals surface area contributed by atoms with Gasteiger partial charge in [0.1, 0.15) is 12.4 Å². The largest absolute Gasteiger partial charge is 1.00 e. The van der Waals surface area contributed by atoms with Crippen LogP contribution in [-0.2, 0) is 26.4 Å². The Kier molecular flexibility index (Phi) is 11.0. The maximum Gasteiger partial charge on any atom is 1.00 e. The molecule has 1 aliphatic carbocycles. The maximum absolute atomic E-state index is 12.4. The van der Waals surface area contributed by atoms with Gasteiger partial charge in [-0.15, -0.1) is 0 Å². The Labute approximate surface area is 252 Å². The number of carboxylic acid groups (broad SMARTS) is 1. The maximum atomic E-state index is 12.4. The fraction of sp³-hybridized carbons (Fsp3) is 0.167. The zero-order valence-electron chi connectivity index (χ0n) is 19.7. The van der Waals surface area contributed by atoms with Crippen molar-refractivity contribution in [2.75, 3.05) is 6.61 Å². The third-order valence-electron chi connectivity index (χ3n) is 5.48. The van der Waals surface area contributed by atoms with Crippen molar-refractivity contribution in [1.29, 1.82) is 0 Å². The van der Waals surface area contributed by atoms with Crippen molar-refractivity contribution < 1.29 is 95.7 Å². The second kappa shape index (κ2) is 13.1. The number of fused-ring (bicyclic) bond motifs is 3. The van der Waals surface area contributed by atoms with E-state index >= 15 is 0 Å². The number of alkyl carbamates (subject to hydrolysis) is 1. The minimum Gasteiger partial charge on any atom is -0.716 e. The smallest absolute Gasteiger partial charge is 0.716 e. The molecule has 0 saturated carbocycles. The molecule has 0 unspecified atom stereocenters. The van der Waals surface area contributed by atoms with Gasteiger partial charge in [-0.2, -0.15) is 0 Å². The van der Waals surface area contributed by atoms with Gasteiger partial charge in [-0.05, 0) is 46.4 Å². The van der Waals surface area contributed by atoms with Crippen molar-refractivity contribution in [3.05, 3.63) is 89.5 Å². The van der Waals surface area contributed by atoms with Gasteiger partial charge in [0, 0.05) is 5.92 Å². The van der Waals surface area contributed by atoms with Crippen LogP contribution in [-0.4, -0.2) is 37.7 Å². The summed E-state index contributed by atoms with van der Waals surface area (Å²) in [5.74, 6) is -1.91. The van der Waals surface area contributed by atoms with Gasteiger partial charge in [0.15, 0.2) is 0 Å². The minimum absolute atomic E-state index is 0. The Morgan fingerprint density at radius 3 is 1.92 bits per heavy atom. The van der Waals surface area contributed by atoms with Gasteiger partial charge in [0.2, 0.25) is 0 Å². The topological polar surface area (TPSA) is 145 Å². The summed E-state index contributed by atoms with van der Waals surface area (Å²) in [5, 5.41) is 13.8. The molecule has 12 heteroatoms. The summed E-state index contributed by atoms with van der Waals surface area (Å²) < 4.78 is 41.5. The number of carbonyl (C=O) groups is 2. The van der Waals surface area contributed by atoms with Crippen molar-refractivity contribution in [2.24, 2.45) is 0 Å². The van der Waals surface area contributed by atoms with Crippen LogP contribution >= 0.6 is 0 Å². The Hall–Kier alpha value is -1.89. The SMILES string of the molecule is O=C(N[C@@H](Cc1ccc(OS(=O)(=O)[O-])cc1)C(=O)[O-])OCC1c2ccccc2-c2ccccc21.[Na+].[Na+]. The monoisotopic (exact) mass is 527 g/mol. The van der Waals surface area contributed by atoms with Gasteiger partial charge in [0.25, 0.3) is 10.4 Å². The van der Waals surface area contributed by atoms with Crippen molar-refractivity contribution in [3.8, 4) is 16.9 Å². The van der Waals surface area contributed by atoms with E-state index in [4.69, 9.17) is 4.74 Å². The summed E-state index contributed by atoms with van der Waals surface area (Å²) in [7, 11) is -4.92. The molecule has 0 aromatic heterocycles. The van der Waals surface area contributed by atoms with Crippen LogP contribution in [0.15, 0.2) is 72.8 Å². The number of ether oxygens (including phenoxy) is 1. The van der Waals surface area contributed by atoms with Gasteiger partial charge in [-0.25, -0.2) is 13.2 Å². The van der Waals surface area contributed by atoms with E-state index in [-0.39, 0.29) is 83.8 Å². The van der Waals surface area contributed by atoms with Crippen molar-refractivity contribution in [1.82, 2.24) is 5.32 Å². The molecular formula is C24H19NNa2O8S. The van der Waals surface area contributed by atoms with Crippen LogP contribution in [0.3, 0.4) is 0 Å². The number of benzene rings is 3. The number of aliphatic carboxylic acids is 1. The van der Waals surface area contributed by atoms with Crippen LogP contribution in [0.5, 0.6) is 5.75 Å². The summed E-state index contributed by atoms with van der Waals surface area (Å²) in [4.78, 5) is 23.9. The normalized spacial score (nSPS) is 12.7. The van der Waals surface area contributed by atoms with Gasteiger partial charge < -0.3 is 28.7 Å². The summed E-state index contributed by atoms with van der Waals surface area (Å²) in [6.45, 7) is 0.0231. The van der Waals surface area contributed by atoms with Crippen LogP contribution in [0.1, 0.15) is 22.6 Å². The van der Waals surface area contributed by atoms with Crippen LogP contribution in [0.25, 0.3) is 11.1 Å². The first kappa shape index (κ1) is 30.3. The molecule has 1 N–H and O–H groups in total. The molecule has 176 valence electrons. The zero-order chi connectivity index (χ0) is 24.3. The van der Waals surface area contributed by atoms with Gasteiger partial charge in [-0.3, -0.25) is 0 Å². The zero-order valence-corrected chi connectivity index (χ0v) is 24.5. The Morgan fingerprint density at radius 1 is 0.889 bits per heavy atom. The van der Waals surface area contributed by atoms with E-state index in [1.54, 1.807) is 0 Å². The van der Waals surface area contributed by atoms with E-state index in [0.29, 0.717) is 5.56 Å². The molecule has 1 amide bonds. The Bertz CT molecular complexity index is 1290. The summed E-state index contributed by atoms with van der Waals surface area (Å²) in [6, 6.07) is 19.4. The van der Waals surface area contributed by atoms with E-state index in [2.05, 4.69) is 9.50 Å². The number of carbonyl (C=O) groups excluding carboxylic acids is 2. The average molecular weight is 527 g/mol. The standard InChI is InChI=1S/C24H21NO8S.2Na/c26-23(27)22(13-15-9-11-16(12-10-15)33-34(29,30)31)25-24(28)32-14-21-19-7-3-1-5-17(19)18-6-2-4-8-20(18)21;;/h1-12,21-22H,13-14H2,(H,25,28)(H,26,27)(H,29,30,31);;/q;2*+1/p-2/t22-;;/m0../s1. The number of amides is 1. The number of nitrogens with one attached hydrogen (secondary N) is 1. The van der Waals surface area contributed by atoms with Gasteiger partial charge >= 0.3 is 65.2 Å². The quantitative estimate of drug-likeness (QED) is 0.176. The molecule has 4 rings (SSSR count). The molecule has 9 nitrogen and oxygen atoms in total. The fourth-order valence-corrected chi connectivity index (χ4v) is 4.36. The predicted octanol–water partition coefficient (Wildman–Crippen LogP) is -4.27. The van der Waals surface area contributed by atoms with Crippen molar-refractivity contribution >= 4 is 22.5 Å². The number of hydrogen-bond acceptors (Lipinski definition) is 8. The van der Waals surface area contributed by atoms with Gasteiger partial charge in [-0.1, -0.05) is 60.7 Å². The minimum atomic E-state index is -4.92. The first-order valence-corrected chi connectivity index (χ1v) is 11.6. The van der Waals surface area contributed by atoms with E-state index in [9.17, 15) is 27.7 Å². The second-order valence-corrected chi connectivity index (χ2v) is 8.66. The summed E-state index contributed by atoms with van der Waals surface area (Å²) in [5.41, 5.74) is 4.61. The molecule has 36 heavy (non-hydrogen) atoms. The van der Waals surface area contributed by atoms with Gasteiger partial charge in [0.05, 0.1) is 12.0 Å². The molecule has 0 spiro atoms. The summed E-state index contributed by atoms with van der Waals surface area (Å²) in [6.07, 6.45) is -1.06. The second-order valence-electron chi connectivity index (χ2n) is 7.68. The van der Waals surface area contributed by atoms with E-state index in [1.807, 2.05) is 48.5 Å². The molecular weight excluding hydrogens is 508 g/mol. The number of carboxylic acids is 1. The molecule has 0 radical (unpaired) electrons. The Morgan fingerprint density at radius 2 is 1.42 bits per heavy atom. The van der Waals surface area contributed by atoms with E-state index < -0.39 is 28.5 Å². The molecule has 0 aliphatic heterocycles. The number of rotatable bonds is 8. The molecule has 0 fully saturated rings. The van der Waals surface area contributed by atoms with Crippen LogP contribution in [0.2, 0.25) is 0 Å². The molecule has 1 aliphatic rings. The van der Waals surface area contributed by atoms with E-state index in [1.165, 1.54) is 24.3 Å². The molecule has 0 saturated heterocycles. The third-order valence-corrected chi connectivity index (χ3v) is 5.88. The van der Waals surface area contributed by atoms with Crippen LogP contribution in [0, 0.1) is 0 Å². The van der Waals surface area contributed by atoms with E-state index in [0.717, 1.165) is 22.3 Å². The molecule has 1 atom stereocenters. The van der Waals surface area contributed by atoms with Crippen LogP contribution < -0.4 is 73.7 Å².